The number of aromatic nitrogens is 1. The summed E-state index contributed by atoms with van der Waals surface area (Å²) in [4.78, 5) is 28.5. The molecule has 2 unspecified atom stereocenters. The van der Waals surface area contributed by atoms with Crippen molar-refractivity contribution in [2.75, 3.05) is 7.11 Å². The molecule has 0 saturated carbocycles. The average Bonchev–Trinajstić information content (AvgIpc) is 3.57. The van der Waals surface area contributed by atoms with Gasteiger partial charge in [0.15, 0.2) is 5.76 Å². The first kappa shape index (κ1) is 28.2. The zero-order chi connectivity index (χ0) is 29.6. The van der Waals surface area contributed by atoms with Crippen molar-refractivity contribution in [1.29, 1.82) is 0 Å². The minimum atomic E-state index is -0.380. The number of carbonyl (C=O) groups excluding carboxylic acids is 2. The molecule has 1 aliphatic carbocycles. The number of aryl methyl sites for hydroxylation is 1. The van der Waals surface area contributed by atoms with E-state index < -0.39 is 0 Å². The van der Waals surface area contributed by atoms with Crippen LogP contribution in [0, 0.1) is 5.92 Å². The Hall–Kier alpha value is -4.97. The van der Waals surface area contributed by atoms with E-state index in [1.54, 1.807) is 12.3 Å². The Bertz CT molecular complexity index is 1700. The Balaban J connectivity index is 1.33. The first-order valence-corrected chi connectivity index (χ1v) is 14.7. The second kappa shape index (κ2) is 12.9. The number of hydrogen-bond acceptors (Lipinski definition) is 5. The van der Waals surface area contributed by atoms with Crippen molar-refractivity contribution in [2.45, 2.75) is 38.3 Å². The summed E-state index contributed by atoms with van der Waals surface area (Å²) in [5.41, 5.74) is 6.97. The molecule has 43 heavy (non-hydrogen) atoms. The number of benzene rings is 4. The van der Waals surface area contributed by atoms with E-state index in [0.717, 1.165) is 36.0 Å². The fraction of sp³-hybridized carbons (Fsp3) is 0.216. The van der Waals surface area contributed by atoms with Crippen molar-refractivity contribution in [1.82, 2.24) is 10.1 Å². The van der Waals surface area contributed by atoms with Crippen molar-refractivity contribution >= 4 is 11.9 Å². The van der Waals surface area contributed by atoms with Crippen LogP contribution in [0.5, 0.6) is 0 Å². The fourth-order valence-electron chi connectivity index (χ4n) is 6.27. The van der Waals surface area contributed by atoms with Crippen LogP contribution in [0.4, 0.5) is 0 Å². The topological polar surface area (TPSA) is 72.6 Å². The van der Waals surface area contributed by atoms with Crippen molar-refractivity contribution in [2.24, 2.45) is 5.92 Å². The first-order valence-electron chi connectivity index (χ1n) is 14.7. The predicted octanol–water partition coefficient (Wildman–Crippen LogP) is 7.25. The van der Waals surface area contributed by atoms with Crippen LogP contribution in [-0.4, -0.2) is 29.0 Å². The van der Waals surface area contributed by atoms with Gasteiger partial charge in [0.05, 0.1) is 37.9 Å². The molecule has 1 heterocycles. The molecule has 1 amide bonds. The number of fused-ring (bicyclic) bond motifs is 1. The third-order valence-corrected chi connectivity index (χ3v) is 8.32. The van der Waals surface area contributed by atoms with Crippen molar-refractivity contribution < 1.29 is 18.8 Å². The van der Waals surface area contributed by atoms with Crippen LogP contribution in [0.25, 0.3) is 11.1 Å². The first-order chi connectivity index (χ1) is 21.1. The van der Waals surface area contributed by atoms with Crippen LogP contribution in [-0.2, 0) is 35.3 Å². The van der Waals surface area contributed by atoms with Gasteiger partial charge in [0.2, 0.25) is 5.91 Å². The maximum Gasteiger partial charge on any atom is 0.337 e. The highest BCUT2D eigenvalue weighted by Crippen LogP contribution is 2.41. The summed E-state index contributed by atoms with van der Waals surface area (Å²) >= 11 is 0. The molecule has 0 spiro atoms. The Morgan fingerprint density at radius 3 is 2.40 bits per heavy atom. The molecule has 2 atom stereocenters. The van der Waals surface area contributed by atoms with Gasteiger partial charge in [-0.15, -0.1) is 0 Å². The number of esters is 1. The van der Waals surface area contributed by atoms with Crippen LogP contribution in [0.3, 0.4) is 0 Å². The van der Waals surface area contributed by atoms with E-state index in [-0.39, 0.29) is 30.3 Å². The molecule has 6 rings (SSSR count). The Kier molecular flexibility index (Phi) is 8.45. The zero-order valence-electron chi connectivity index (χ0n) is 24.2. The summed E-state index contributed by atoms with van der Waals surface area (Å²) in [6, 6.07) is 36.0. The second-order valence-electron chi connectivity index (χ2n) is 11.1. The van der Waals surface area contributed by atoms with E-state index >= 15 is 0 Å². The molecule has 1 aromatic heterocycles. The Morgan fingerprint density at radius 1 is 0.860 bits per heavy atom. The number of amides is 1. The molecule has 4 aromatic carbocycles. The molecule has 0 saturated heterocycles. The lowest BCUT2D eigenvalue weighted by Crippen LogP contribution is -2.41. The Morgan fingerprint density at radius 2 is 1.60 bits per heavy atom. The minimum Gasteiger partial charge on any atom is -0.465 e. The molecule has 0 fully saturated rings. The van der Waals surface area contributed by atoms with Crippen LogP contribution in [0.2, 0.25) is 0 Å². The lowest BCUT2D eigenvalue weighted by Gasteiger charge is -2.41. The molecule has 0 N–H and O–H groups in total. The van der Waals surface area contributed by atoms with Crippen LogP contribution >= 0.6 is 0 Å². The van der Waals surface area contributed by atoms with E-state index in [9.17, 15) is 9.59 Å². The molecular weight excluding hydrogens is 536 g/mol. The van der Waals surface area contributed by atoms with E-state index in [1.807, 2.05) is 59.5 Å². The van der Waals surface area contributed by atoms with Crippen molar-refractivity contribution in [3.05, 3.63) is 149 Å². The van der Waals surface area contributed by atoms with Gasteiger partial charge in [0.1, 0.15) is 0 Å². The lowest BCUT2D eigenvalue weighted by atomic mass is 9.76. The average molecular weight is 571 g/mol. The number of ether oxygens (including phenoxy) is 1. The highest BCUT2D eigenvalue weighted by Gasteiger charge is 2.36. The number of rotatable bonds is 9. The van der Waals surface area contributed by atoms with E-state index in [4.69, 9.17) is 9.26 Å². The largest absolute Gasteiger partial charge is 0.465 e. The zero-order valence-corrected chi connectivity index (χ0v) is 24.2. The maximum absolute atomic E-state index is 14.4. The number of carbonyl (C=O) groups is 2. The summed E-state index contributed by atoms with van der Waals surface area (Å²) in [7, 11) is 1.38. The molecular formula is C37H34N2O4. The van der Waals surface area contributed by atoms with Gasteiger partial charge in [-0.05, 0) is 70.7 Å². The third kappa shape index (κ3) is 6.44. The molecule has 216 valence electrons. The summed E-state index contributed by atoms with van der Waals surface area (Å²) in [6.07, 6.45) is 4.71. The van der Waals surface area contributed by atoms with Crippen LogP contribution in [0.1, 0.15) is 50.8 Å². The van der Waals surface area contributed by atoms with Crippen molar-refractivity contribution in [3.8, 4) is 11.1 Å². The lowest BCUT2D eigenvalue weighted by molar-refractivity contribution is -0.135. The van der Waals surface area contributed by atoms with Gasteiger partial charge >= 0.3 is 5.97 Å². The van der Waals surface area contributed by atoms with Gasteiger partial charge < -0.3 is 14.2 Å². The molecule has 0 aliphatic heterocycles. The predicted molar refractivity (Wildman–Crippen MR) is 165 cm³/mol. The Labute approximate surface area is 251 Å². The van der Waals surface area contributed by atoms with Crippen LogP contribution < -0.4 is 0 Å². The number of nitrogens with zero attached hydrogens (tertiary/aromatic N) is 2. The van der Waals surface area contributed by atoms with Gasteiger partial charge in [-0.2, -0.15) is 0 Å². The highest BCUT2D eigenvalue weighted by molar-refractivity contribution is 5.91. The summed E-state index contributed by atoms with van der Waals surface area (Å²) in [6.45, 7) is 0.337. The maximum atomic E-state index is 14.4. The second-order valence-corrected chi connectivity index (χ2v) is 11.1. The molecule has 6 heteroatoms. The van der Waals surface area contributed by atoms with Gasteiger partial charge in [0.25, 0.3) is 0 Å². The number of methoxy groups -OCH3 is 1. The van der Waals surface area contributed by atoms with Gasteiger partial charge in [-0.3, -0.25) is 4.79 Å². The van der Waals surface area contributed by atoms with E-state index in [1.165, 1.54) is 23.8 Å². The molecule has 1 aliphatic rings. The SMILES string of the molecule is COC(=O)c1cccc(-c2cccc(CC(=O)N(Cc3ccno3)C3c4ccccc4CCC3Cc3ccccc3)c2)c1. The standard InChI is InChI=1S/C37H34N2O4/c1-42-37(41)32-15-8-14-30(24-32)29-13-7-11-27(22-29)23-35(40)39(25-33-19-20-38-43-33)36-31(21-26-9-3-2-4-10-26)18-17-28-12-5-6-16-34(28)36/h2-16,19-20,22,24,31,36H,17-18,21,23,25H2,1H3. The van der Waals surface area contributed by atoms with E-state index in [2.05, 4.69) is 53.7 Å². The monoisotopic (exact) mass is 570 g/mol. The van der Waals surface area contributed by atoms with Gasteiger partial charge in [-0.1, -0.05) is 96.2 Å². The number of hydrogen-bond donors (Lipinski definition) is 0. The molecule has 5 aromatic rings. The summed E-state index contributed by atoms with van der Waals surface area (Å²) < 4.78 is 10.4. The summed E-state index contributed by atoms with van der Waals surface area (Å²) in [5, 5.41) is 3.92. The van der Waals surface area contributed by atoms with Gasteiger partial charge in [0, 0.05) is 6.07 Å². The van der Waals surface area contributed by atoms with E-state index in [0.29, 0.717) is 17.9 Å². The normalized spacial score (nSPS) is 15.8. The minimum absolute atomic E-state index is 0.0247. The highest BCUT2D eigenvalue weighted by atomic mass is 16.5. The fourth-order valence-corrected chi connectivity index (χ4v) is 6.27. The molecule has 6 nitrogen and oxygen atoms in total. The third-order valence-electron chi connectivity index (χ3n) is 8.32. The molecule has 0 radical (unpaired) electrons. The van der Waals surface area contributed by atoms with Crippen LogP contribution in [0.15, 0.2) is 120 Å². The van der Waals surface area contributed by atoms with Gasteiger partial charge in [-0.25, -0.2) is 4.79 Å². The van der Waals surface area contributed by atoms with Crippen molar-refractivity contribution in [3.63, 3.8) is 0 Å². The molecule has 0 bridgehead atoms. The quantitative estimate of drug-likeness (QED) is 0.175. The smallest absolute Gasteiger partial charge is 0.337 e. The summed E-state index contributed by atoms with van der Waals surface area (Å²) in [5.74, 6) is 0.547.